The molecule has 2 fully saturated rings. The van der Waals surface area contributed by atoms with Crippen molar-refractivity contribution in [2.24, 2.45) is 0 Å². The van der Waals surface area contributed by atoms with Gasteiger partial charge in [-0.2, -0.15) is 0 Å². The zero-order valence-corrected chi connectivity index (χ0v) is 18.1. The van der Waals surface area contributed by atoms with Crippen molar-refractivity contribution < 1.29 is 29.2 Å². The van der Waals surface area contributed by atoms with E-state index in [-0.39, 0.29) is 12.7 Å². The summed E-state index contributed by atoms with van der Waals surface area (Å²) < 4.78 is 17.0. The van der Waals surface area contributed by atoms with Gasteiger partial charge >= 0.3 is 6.03 Å². The highest BCUT2D eigenvalue weighted by molar-refractivity contribution is 7.13. The van der Waals surface area contributed by atoms with E-state index >= 15 is 0 Å². The molecule has 0 unspecified atom stereocenters. The second-order valence-corrected chi connectivity index (χ2v) is 8.55. The predicted octanol–water partition coefficient (Wildman–Crippen LogP) is 3.30. The number of aliphatic hydroxyl groups is 2. The van der Waals surface area contributed by atoms with Gasteiger partial charge < -0.3 is 29.7 Å². The SMILES string of the molecule is COc1ccc(NC(=O)Nc2nc([C@@H]3C[C@H](O)[C@@H](CO)O3)cs2)cc1OC1CCCC1. The van der Waals surface area contributed by atoms with Crippen LogP contribution < -0.4 is 20.1 Å². The van der Waals surface area contributed by atoms with Crippen LogP contribution in [0.5, 0.6) is 11.5 Å². The fourth-order valence-corrected chi connectivity index (χ4v) is 4.61. The second kappa shape index (κ2) is 9.82. The van der Waals surface area contributed by atoms with Gasteiger partial charge in [0.1, 0.15) is 12.2 Å². The van der Waals surface area contributed by atoms with E-state index in [2.05, 4.69) is 15.6 Å². The van der Waals surface area contributed by atoms with Crippen molar-refractivity contribution in [3.8, 4) is 11.5 Å². The molecule has 1 aliphatic heterocycles. The average Bonchev–Trinajstić information content (AvgIpc) is 3.49. The van der Waals surface area contributed by atoms with Gasteiger partial charge in [0, 0.05) is 23.6 Å². The molecule has 2 aliphatic rings. The van der Waals surface area contributed by atoms with Gasteiger partial charge in [0.2, 0.25) is 0 Å². The van der Waals surface area contributed by atoms with Crippen LogP contribution in [-0.2, 0) is 4.74 Å². The quantitative estimate of drug-likeness (QED) is 0.512. The van der Waals surface area contributed by atoms with Gasteiger partial charge in [-0.15, -0.1) is 11.3 Å². The number of carbonyl (C=O) groups excluding carboxylic acids is 1. The lowest BCUT2D eigenvalue weighted by Crippen LogP contribution is -2.24. The van der Waals surface area contributed by atoms with E-state index in [1.54, 1.807) is 30.7 Å². The van der Waals surface area contributed by atoms with Crippen molar-refractivity contribution in [1.82, 2.24) is 4.98 Å². The molecule has 1 saturated heterocycles. The first kappa shape index (κ1) is 21.8. The van der Waals surface area contributed by atoms with E-state index in [9.17, 15) is 15.0 Å². The zero-order chi connectivity index (χ0) is 21.8. The number of nitrogens with zero attached hydrogens (tertiary/aromatic N) is 1. The number of ether oxygens (including phenoxy) is 3. The molecular formula is C21H27N3O6S. The second-order valence-electron chi connectivity index (χ2n) is 7.70. The van der Waals surface area contributed by atoms with Crippen LogP contribution in [0.15, 0.2) is 23.6 Å². The number of carbonyl (C=O) groups is 1. The van der Waals surface area contributed by atoms with E-state index in [0.29, 0.717) is 34.4 Å². The van der Waals surface area contributed by atoms with E-state index in [1.807, 2.05) is 0 Å². The molecule has 31 heavy (non-hydrogen) atoms. The van der Waals surface area contributed by atoms with E-state index in [4.69, 9.17) is 14.2 Å². The molecule has 3 atom stereocenters. The summed E-state index contributed by atoms with van der Waals surface area (Å²) in [5.74, 6) is 1.24. The molecule has 2 heterocycles. The summed E-state index contributed by atoms with van der Waals surface area (Å²) in [6.07, 6.45) is 3.16. The summed E-state index contributed by atoms with van der Waals surface area (Å²) in [5.41, 5.74) is 1.20. The van der Waals surface area contributed by atoms with Crippen molar-refractivity contribution in [3.63, 3.8) is 0 Å². The van der Waals surface area contributed by atoms with Gasteiger partial charge in [-0.05, 0) is 37.8 Å². The number of thiazole rings is 1. The molecule has 2 amide bonds. The number of nitrogens with one attached hydrogen (secondary N) is 2. The Morgan fingerprint density at radius 2 is 2.10 bits per heavy atom. The first-order valence-corrected chi connectivity index (χ1v) is 11.3. The fourth-order valence-electron chi connectivity index (χ4n) is 3.87. The van der Waals surface area contributed by atoms with Crippen molar-refractivity contribution in [2.45, 2.75) is 56.5 Å². The summed E-state index contributed by atoms with van der Waals surface area (Å²) in [5, 5.41) is 26.8. The van der Waals surface area contributed by atoms with Gasteiger partial charge in [0.05, 0.1) is 31.6 Å². The van der Waals surface area contributed by atoms with E-state index in [0.717, 1.165) is 25.7 Å². The summed E-state index contributed by atoms with van der Waals surface area (Å²) >= 11 is 1.26. The van der Waals surface area contributed by atoms with Crippen molar-refractivity contribution in [3.05, 3.63) is 29.3 Å². The van der Waals surface area contributed by atoms with Crippen molar-refractivity contribution in [1.29, 1.82) is 0 Å². The first-order chi connectivity index (χ1) is 15.1. The number of aromatic nitrogens is 1. The lowest BCUT2D eigenvalue weighted by Gasteiger charge is -2.17. The molecule has 2 aromatic rings. The van der Waals surface area contributed by atoms with Crippen LogP contribution >= 0.6 is 11.3 Å². The number of rotatable bonds is 7. The highest BCUT2D eigenvalue weighted by Crippen LogP contribution is 2.35. The molecule has 1 aromatic heterocycles. The summed E-state index contributed by atoms with van der Waals surface area (Å²) in [6, 6.07) is 4.84. The highest BCUT2D eigenvalue weighted by Gasteiger charge is 2.35. The molecule has 10 heteroatoms. The van der Waals surface area contributed by atoms with Crippen LogP contribution in [0.25, 0.3) is 0 Å². The molecule has 9 nitrogen and oxygen atoms in total. The van der Waals surface area contributed by atoms with Crippen molar-refractivity contribution in [2.75, 3.05) is 24.4 Å². The van der Waals surface area contributed by atoms with Crippen LogP contribution in [0.1, 0.15) is 43.9 Å². The standard InChI is InChI=1S/C21H27N3O6S/c1-28-16-7-6-12(8-18(16)29-13-4-2-3-5-13)22-20(27)24-21-23-14(11-31-21)17-9-15(26)19(10-25)30-17/h6-8,11,13,15,17,19,25-26H,2-5,9-10H2,1H3,(H2,22,23,24,27)/t15-,17-,19+/m0/s1. The fraction of sp³-hybridized carbons (Fsp3) is 0.524. The molecule has 168 valence electrons. The maximum absolute atomic E-state index is 12.4. The topological polar surface area (TPSA) is 122 Å². The Balaban J connectivity index is 1.36. The minimum Gasteiger partial charge on any atom is -0.493 e. The lowest BCUT2D eigenvalue weighted by atomic mass is 10.1. The number of anilines is 2. The third-order valence-electron chi connectivity index (χ3n) is 5.49. The van der Waals surface area contributed by atoms with E-state index in [1.165, 1.54) is 11.3 Å². The Kier molecular flexibility index (Phi) is 6.91. The number of benzene rings is 1. The van der Waals surface area contributed by atoms with Gasteiger partial charge in [-0.1, -0.05) is 0 Å². The van der Waals surface area contributed by atoms with Crippen LogP contribution in [-0.4, -0.2) is 53.3 Å². The van der Waals surface area contributed by atoms with Crippen LogP contribution in [0, 0.1) is 0 Å². The number of aliphatic hydroxyl groups excluding tert-OH is 2. The minimum absolute atomic E-state index is 0.175. The summed E-state index contributed by atoms with van der Waals surface area (Å²) in [7, 11) is 1.59. The number of methoxy groups -OCH3 is 1. The molecule has 0 bridgehead atoms. The van der Waals surface area contributed by atoms with E-state index < -0.39 is 24.3 Å². The number of hydrogen-bond donors (Lipinski definition) is 4. The summed E-state index contributed by atoms with van der Waals surface area (Å²) in [6.45, 7) is -0.246. The molecule has 4 rings (SSSR count). The van der Waals surface area contributed by atoms with Crippen LogP contribution in [0.3, 0.4) is 0 Å². The Morgan fingerprint density at radius 1 is 1.29 bits per heavy atom. The molecule has 4 N–H and O–H groups in total. The predicted molar refractivity (Wildman–Crippen MR) is 116 cm³/mol. The Labute approximate surface area is 184 Å². The third-order valence-corrected chi connectivity index (χ3v) is 6.27. The normalized spacial score (nSPS) is 23.6. The van der Waals surface area contributed by atoms with Gasteiger partial charge in [0.25, 0.3) is 0 Å². The maximum atomic E-state index is 12.4. The highest BCUT2D eigenvalue weighted by atomic mass is 32.1. The van der Waals surface area contributed by atoms with Crippen molar-refractivity contribution >= 4 is 28.2 Å². The Hall–Kier alpha value is -2.40. The molecule has 0 spiro atoms. The van der Waals surface area contributed by atoms with Crippen LogP contribution in [0.2, 0.25) is 0 Å². The Bertz CT molecular complexity index is 901. The largest absolute Gasteiger partial charge is 0.493 e. The lowest BCUT2D eigenvalue weighted by molar-refractivity contribution is -0.0234. The first-order valence-electron chi connectivity index (χ1n) is 10.4. The minimum atomic E-state index is -0.730. The molecular weight excluding hydrogens is 422 g/mol. The number of amides is 2. The molecule has 1 aromatic carbocycles. The summed E-state index contributed by atoms with van der Waals surface area (Å²) in [4.78, 5) is 16.8. The van der Waals surface area contributed by atoms with Gasteiger partial charge in [0.15, 0.2) is 16.6 Å². The molecule has 1 saturated carbocycles. The molecule has 1 aliphatic carbocycles. The average molecular weight is 450 g/mol. The monoisotopic (exact) mass is 449 g/mol. The van der Waals surface area contributed by atoms with Crippen LogP contribution in [0.4, 0.5) is 15.6 Å². The smallest absolute Gasteiger partial charge is 0.325 e. The third kappa shape index (κ3) is 5.27. The number of hydrogen-bond acceptors (Lipinski definition) is 8. The maximum Gasteiger partial charge on any atom is 0.325 e. The van der Waals surface area contributed by atoms with Gasteiger partial charge in [-0.25, -0.2) is 9.78 Å². The van der Waals surface area contributed by atoms with Gasteiger partial charge in [-0.3, -0.25) is 5.32 Å². The molecule has 0 radical (unpaired) electrons. The Morgan fingerprint density at radius 3 is 2.81 bits per heavy atom. The zero-order valence-electron chi connectivity index (χ0n) is 17.2. The number of urea groups is 1.